The van der Waals surface area contributed by atoms with Gasteiger partial charge in [0.1, 0.15) is 17.2 Å². The number of aromatic nitrogens is 1. The molecule has 32 heavy (non-hydrogen) atoms. The van der Waals surface area contributed by atoms with E-state index in [0.29, 0.717) is 11.7 Å². The van der Waals surface area contributed by atoms with Crippen molar-refractivity contribution in [3.63, 3.8) is 0 Å². The molecule has 4 aromatic rings. The third-order valence-electron chi connectivity index (χ3n) is 5.89. The monoisotopic (exact) mass is 428 g/mol. The predicted octanol–water partition coefficient (Wildman–Crippen LogP) is 5.51. The predicted molar refractivity (Wildman–Crippen MR) is 121 cm³/mol. The van der Waals surface area contributed by atoms with Crippen LogP contribution in [0, 0.1) is 12.7 Å². The Bertz CT molecular complexity index is 1410. The Morgan fingerprint density at radius 3 is 2.44 bits per heavy atom. The number of rotatable bonds is 3. The van der Waals surface area contributed by atoms with Crippen LogP contribution in [-0.4, -0.2) is 10.9 Å². The summed E-state index contributed by atoms with van der Waals surface area (Å²) in [5.74, 6) is -0.260. The Hall–Kier alpha value is -3.80. The molecule has 0 unspecified atom stereocenters. The Balaban J connectivity index is 1.78. The molecule has 2 aromatic heterocycles. The van der Waals surface area contributed by atoms with Crippen LogP contribution in [0.25, 0.3) is 11.0 Å². The van der Waals surface area contributed by atoms with Crippen LogP contribution < -0.4 is 10.3 Å². The van der Waals surface area contributed by atoms with Gasteiger partial charge in [-0.1, -0.05) is 44.2 Å². The second-order valence-corrected chi connectivity index (χ2v) is 8.41. The lowest BCUT2D eigenvalue weighted by molar-refractivity contribution is 0.0970. The molecule has 160 valence electrons. The highest BCUT2D eigenvalue weighted by atomic mass is 19.1. The van der Waals surface area contributed by atoms with Crippen molar-refractivity contribution < 1.29 is 13.6 Å². The maximum Gasteiger partial charge on any atom is 0.296 e. The molecule has 1 atom stereocenters. The highest BCUT2D eigenvalue weighted by molar-refractivity contribution is 6.10. The molecule has 0 radical (unpaired) electrons. The first-order chi connectivity index (χ1) is 15.3. The van der Waals surface area contributed by atoms with Gasteiger partial charge in [0, 0.05) is 6.20 Å². The molecule has 0 fully saturated rings. The van der Waals surface area contributed by atoms with E-state index >= 15 is 0 Å². The number of nitrogens with zero attached hydrogens (tertiary/aromatic N) is 2. The van der Waals surface area contributed by atoms with E-state index in [1.165, 1.54) is 17.0 Å². The smallest absolute Gasteiger partial charge is 0.296 e. The van der Waals surface area contributed by atoms with Crippen LogP contribution in [0.3, 0.4) is 0 Å². The molecule has 3 heterocycles. The molecule has 1 aliphatic rings. The van der Waals surface area contributed by atoms with Crippen LogP contribution in [0.2, 0.25) is 0 Å². The first-order valence-corrected chi connectivity index (χ1v) is 10.5. The maximum absolute atomic E-state index is 13.9. The van der Waals surface area contributed by atoms with Crippen molar-refractivity contribution in [1.29, 1.82) is 0 Å². The van der Waals surface area contributed by atoms with E-state index in [4.69, 9.17) is 4.42 Å². The van der Waals surface area contributed by atoms with Gasteiger partial charge in [-0.2, -0.15) is 0 Å². The third-order valence-corrected chi connectivity index (χ3v) is 5.89. The third kappa shape index (κ3) is 3.11. The Kier molecular flexibility index (Phi) is 4.66. The van der Waals surface area contributed by atoms with E-state index in [2.05, 4.69) is 18.8 Å². The zero-order valence-electron chi connectivity index (χ0n) is 17.9. The average Bonchev–Trinajstić information content (AvgIpc) is 3.07. The zero-order chi connectivity index (χ0) is 22.6. The van der Waals surface area contributed by atoms with Crippen LogP contribution in [0.5, 0.6) is 0 Å². The van der Waals surface area contributed by atoms with Crippen LogP contribution in [-0.2, 0) is 0 Å². The number of hydrogen-bond donors (Lipinski definition) is 0. The van der Waals surface area contributed by atoms with Gasteiger partial charge in [-0.3, -0.25) is 14.5 Å². The standard InChI is InChI=1S/C26H21FN2O3/c1-14(2)16-5-7-17(8-6-16)23-22-24(30)19-12-18(27)9-10-20(19)32-25(22)26(31)29(23)21-11-4-15(3)13-28-21/h4-14,23H,1-3H3/t23-/m1/s1. The topological polar surface area (TPSA) is 63.4 Å². The summed E-state index contributed by atoms with van der Waals surface area (Å²) < 4.78 is 19.8. The summed E-state index contributed by atoms with van der Waals surface area (Å²) in [6.07, 6.45) is 1.67. The number of anilines is 1. The lowest BCUT2D eigenvalue weighted by atomic mass is 9.95. The van der Waals surface area contributed by atoms with Crippen LogP contribution in [0.1, 0.15) is 58.6 Å². The number of benzene rings is 2. The lowest BCUT2D eigenvalue weighted by Crippen LogP contribution is -2.30. The maximum atomic E-state index is 13.9. The summed E-state index contributed by atoms with van der Waals surface area (Å²) in [5, 5.41) is 0.110. The molecule has 1 amide bonds. The van der Waals surface area contributed by atoms with Gasteiger partial charge in [-0.15, -0.1) is 0 Å². The summed E-state index contributed by atoms with van der Waals surface area (Å²) in [6, 6.07) is 14.4. The molecule has 0 saturated carbocycles. The lowest BCUT2D eigenvalue weighted by Gasteiger charge is -2.24. The van der Waals surface area contributed by atoms with Crippen molar-refractivity contribution in [3.8, 4) is 0 Å². The van der Waals surface area contributed by atoms with Gasteiger partial charge < -0.3 is 4.42 Å². The van der Waals surface area contributed by atoms with Gasteiger partial charge in [-0.05, 0) is 53.8 Å². The van der Waals surface area contributed by atoms with Gasteiger partial charge in [0.15, 0.2) is 5.43 Å². The first-order valence-electron chi connectivity index (χ1n) is 10.5. The van der Waals surface area contributed by atoms with Gasteiger partial charge in [0.2, 0.25) is 5.76 Å². The number of fused-ring (bicyclic) bond motifs is 2. The second kappa shape index (κ2) is 7.41. The van der Waals surface area contributed by atoms with E-state index in [1.807, 2.05) is 37.3 Å². The van der Waals surface area contributed by atoms with Gasteiger partial charge in [0.25, 0.3) is 5.91 Å². The number of halogens is 1. The van der Waals surface area contributed by atoms with Crippen molar-refractivity contribution in [3.05, 3.63) is 105 Å². The Morgan fingerprint density at radius 2 is 1.78 bits per heavy atom. The number of carbonyl (C=O) groups is 1. The summed E-state index contributed by atoms with van der Waals surface area (Å²) in [4.78, 5) is 32.9. The van der Waals surface area contributed by atoms with Crippen molar-refractivity contribution in [1.82, 2.24) is 4.98 Å². The molecule has 0 spiro atoms. The van der Waals surface area contributed by atoms with E-state index in [0.717, 1.165) is 22.8 Å². The average molecular weight is 428 g/mol. The van der Waals surface area contributed by atoms with Gasteiger partial charge in [-0.25, -0.2) is 9.37 Å². The molecule has 5 rings (SSSR count). The number of pyridine rings is 1. The van der Waals surface area contributed by atoms with Gasteiger partial charge >= 0.3 is 0 Å². The molecule has 1 aliphatic heterocycles. The minimum atomic E-state index is -0.724. The number of aryl methyl sites for hydroxylation is 1. The fraction of sp³-hybridized carbons (Fsp3) is 0.192. The Morgan fingerprint density at radius 1 is 1.03 bits per heavy atom. The van der Waals surface area contributed by atoms with E-state index in [1.54, 1.807) is 12.3 Å². The van der Waals surface area contributed by atoms with Crippen LogP contribution in [0.4, 0.5) is 10.2 Å². The molecular formula is C26H21FN2O3. The molecule has 6 heteroatoms. The number of hydrogen-bond acceptors (Lipinski definition) is 4. The van der Waals surface area contributed by atoms with Crippen LogP contribution in [0.15, 0.2) is 70.0 Å². The molecule has 0 N–H and O–H groups in total. The molecule has 0 bridgehead atoms. The fourth-order valence-corrected chi connectivity index (χ4v) is 4.16. The quantitative estimate of drug-likeness (QED) is 0.432. The van der Waals surface area contributed by atoms with Crippen molar-refractivity contribution in [2.75, 3.05) is 4.90 Å². The van der Waals surface area contributed by atoms with E-state index in [9.17, 15) is 14.0 Å². The van der Waals surface area contributed by atoms with Crippen molar-refractivity contribution >= 4 is 22.7 Å². The van der Waals surface area contributed by atoms with E-state index < -0.39 is 23.2 Å². The van der Waals surface area contributed by atoms with Crippen LogP contribution >= 0.6 is 0 Å². The summed E-state index contributed by atoms with van der Waals surface area (Å²) in [7, 11) is 0. The largest absolute Gasteiger partial charge is 0.450 e. The minimum Gasteiger partial charge on any atom is -0.450 e. The fourth-order valence-electron chi connectivity index (χ4n) is 4.16. The van der Waals surface area contributed by atoms with Gasteiger partial charge in [0.05, 0.1) is 17.0 Å². The van der Waals surface area contributed by atoms with Crippen molar-refractivity contribution in [2.45, 2.75) is 32.7 Å². The highest BCUT2D eigenvalue weighted by Gasteiger charge is 2.44. The molecule has 0 aliphatic carbocycles. The molecule has 0 saturated heterocycles. The SMILES string of the molecule is Cc1ccc(N2C(=O)c3oc4ccc(F)cc4c(=O)c3[C@H]2c2ccc(C(C)C)cc2)nc1. The summed E-state index contributed by atoms with van der Waals surface area (Å²) in [5.41, 5.74) is 2.81. The number of carbonyl (C=O) groups excluding carboxylic acids is 1. The minimum absolute atomic E-state index is 0.0329. The molecular weight excluding hydrogens is 407 g/mol. The van der Waals surface area contributed by atoms with Crippen molar-refractivity contribution in [2.24, 2.45) is 0 Å². The number of amides is 1. The summed E-state index contributed by atoms with van der Waals surface area (Å²) >= 11 is 0. The first kappa shape index (κ1) is 20.1. The molecule has 5 nitrogen and oxygen atoms in total. The molecule has 2 aromatic carbocycles. The zero-order valence-corrected chi connectivity index (χ0v) is 17.9. The van der Waals surface area contributed by atoms with E-state index in [-0.39, 0.29) is 22.3 Å². The second-order valence-electron chi connectivity index (χ2n) is 8.41. The summed E-state index contributed by atoms with van der Waals surface area (Å²) in [6.45, 7) is 6.11. The normalized spacial score (nSPS) is 15.6. The highest BCUT2D eigenvalue weighted by Crippen LogP contribution is 2.40. The Labute approximate surface area is 184 Å².